The second-order valence-corrected chi connectivity index (χ2v) is 5.24. The number of carbonyl (C=O) groups is 2. The molecule has 1 aliphatic carbocycles. The predicted molar refractivity (Wildman–Crippen MR) is 74.5 cm³/mol. The van der Waals surface area contributed by atoms with Gasteiger partial charge in [0.25, 0.3) is 5.91 Å². The van der Waals surface area contributed by atoms with Crippen LogP contribution in [-0.2, 0) is 9.53 Å². The molecule has 0 aromatic carbocycles. The van der Waals surface area contributed by atoms with Gasteiger partial charge in [-0.25, -0.2) is 9.78 Å². The molecule has 0 saturated heterocycles. The summed E-state index contributed by atoms with van der Waals surface area (Å²) in [4.78, 5) is 27.6. The molecule has 0 bridgehead atoms. The average Bonchev–Trinajstić information content (AvgIpc) is 2.91. The molecule has 0 radical (unpaired) electrons. The van der Waals surface area contributed by atoms with Crippen LogP contribution in [0.1, 0.15) is 43.0 Å². The molecule has 1 aliphatic rings. The van der Waals surface area contributed by atoms with E-state index in [4.69, 9.17) is 16.3 Å². The van der Waals surface area contributed by atoms with Gasteiger partial charge in [0.15, 0.2) is 6.10 Å². The summed E-state index contributed by atoms with van der Waals surface area (Å²) < 4.78 is 5.11. The standard InChI is InChI=1S/C14H17ClN2O3/c1-9(13(18)17-10-5-2-3-6-10)20-14(19)11-7-4-8-16-12(11)15/h4,7-10H,2-3,5-6H2,1H3,(H,17,18)/t9-/m1/s1. The Labute approximate surface area is 122 Å². The van der Waals surface area contributed by atoms with E-state index < -0.39 is 12.1 Å². The summed E-state index contributed by atoms with van der Waals surface area (Å²) >= 11 is 5.81. The molecule has 1 saturated carbocycles. The van der Waals surface area contributed by atoms with Crippen LogP contribution in [0, 0.1) is 0 Å². The Kier molecular flexibility index (Phi) is 4.95. The van der Waals surface area contributed by atoms with Crippen LogP contribution in [-0.4, -0.2) is 29.0 Å². The number of hydrogen-bond acceptors (Lipinski definition) is 4. The van der Waals surface area contributed by atoms with E-state index in [1.807, 2.05) is 0 Å². The molecule has 0 unspecified atom stereocenters. The number of rotatable bonds is 4. The molecule has 0 spiro atoms. The first-order chi connectivity index (χ1) is 9.58. The quantitative estimate of drug-likeness (QED) is 0.684. The van der Waals surface area contributed by atoms with Gasteiger partial charge < -0.3 is 10.1 Å². The van der Waals surface area contributed by atoms with Crippen molar-refractivity contribution in [2.75, 3.05) is 0 Å². The maximum absolute atomic E-state index is 11.9. The summed E-state index contributed by atoms with van der Waals surface area (Å²) in [7, 11) is 0. The molecule has 1 atom stereocenters. The summed E-state index contributed by atoms with van der Waals surface area (Å²) in [6, 6.07) is 3.30. The molecule has 1 fully saturated rings. The number of pyridine rings is 1. The van der Waals surface area contributed by atoms with E-state index in [-0.39, 0.29) is 22.7 Å². The van der Waals surface area contributed by atoms with Crippen molar-refractivity contribution in [2.24, 2.45) is 0 Å². The number of hydrogen-bond donors (Lipinski definition) is 1. The van der Waals surface area contributed by atoms with E-state index in [1.165, 1.54) is 12.3 Å². The van der Waals surface area contributed by atoms with Crippen LogP contribution < -0.4 is 5.32 Å². The Morgan fingerprint density at radius 1 is 1.45 bits per heavy atom. The molecule has 1 heterocycles. The van der Waals surface area contributed by atoms with Gasteiger partial charge in [-0.15, -0.1) is 0 Å². The molecule has 1 aromatic rings. The third-order valence-electron chi connectivity index (χ3n) is 3.33. The fraction of sp³-hybridized carbons (Fsp3) is 0.500. The molecule has 6 heteroatoms. The maximum atomic E-state index is 11.9. The normalized spacial score (nSPS) is 16.7. The second kappa shape index (κ2) is 6.70. The Bertz CT molecular complexity index is 501. The van der Waals surface area contributed by atoms with Gasteiger partial charge in [-0.05, 0) is 31.9 Å². The lowest BCUT2D eigenvalue weighted by Crippen LogP contribution is -2.40. The van der Waals surface area contributed by atoms with Crippen LogP contribution in [0.4, 0.5) is 0 Å². The van der Waals surface area contributed by atoms with Crippen LogP contribution in [0.2, 0.25) is 5.15 Å². The number of nitrogens with one attached hydrogen (secondary N) is 1. The Balaban J connectivity index is 1.90. The molecule has 108 valence electrons. The van der Waals surface area contributed by atoms with Gasteiger partial charge in [-0.2, -0.15) is 0 Å². The van der Waals surface area contributed by atoms with E-state index >= 15 is 0 Å². The molecule has 1 amide bonds. The summed E-state index contributed by atoms with van der Waals surface area (Å²) in [5, 5.41) is 2.96. The minimum Gasteiger partial charge on any atom is -0.449 e. The van der Waals surface area contributed by atoms with Crippen molar-refractivity contribution in [3.05, 3.63) is 29.0 Å². The number of esters is 1. The monoisotopic (exact) mass is 296 g/mol. The minimum absolute atomic E-state index is 0.0703. The van der Waals surface area contributed by atoms with Gasteiger partial charge in [0.2, 0.25) is 0 Å². The molecule has 0 aliphatic heterocycles. The zero-order valence-electron chi connectivity index (χ0n) is 11.3. The number of nitrogens with zero attached hydrogens (tertiary/aromatic N) is 1. The van der Waals surface area contributed by atoms with Crippen molar-refractivity contribution in [1.82, 2.24) is 10.3 Å². The van der Waals surface area contributed by atoms with Gasteiger partial charge in [-0.1, -0.05) is 24.4 Å². The van der Waals surface area contributed by atoms with Gasteiger partial charge in [0.05, 0.1) is 5.56 Å². The third-order valence-corrected chi connectivity index (χ3v) is 3.63. The third kappa shape index (κ3) is 3.70. The van der Waals surface area contributed by atoms with Crippen LogP contribution in [0.15, 0.2) is 18.3 Å². The number of amides is 1. The van der Waals surface area contributed by atoms with Crippen molar-refractivity contribution in [1.29, 1.82) is 0 Å². The van der Waals surface area contributed by atoms with Crippen molar-refractivity contribution in [3.8, 4) is 0 Å². The van der Waals surface area contributed by atoms with E-state index in [0.717, 1.165) is 25.7 Å². The Hall–Kier alpha value is -1.62. The summed E-state index contributed by atoms with van der Waals surface area (Å²) in [6.45, 7) is 1.55. The number of ether oxygens (including phenoxy) is 1. The van der Waals surface area contributed by atoms with E-state index in [0.29, 0.717) is 0 Å². The molecule has 1 aromatic heterocycles. The van der Waals surface area contributed by atoms with Gasteiger partial charge in [0.1, 0.15) is 5.15 Å². The van der Waals surface area contributed by atoms with Crippen molar-refractivity contribution in [3.63, 3.8) is 0 Å². The van der Waals surface area contributed by atoms with Crippen LogP contribution in [0.5, 0.6) is 0 Å². The van der Waals surface area contributed by atoms with Crippen molar-refractivity contribution >= 4 is 23.5 Å². The summed E-state index contributed by atoms with van der Waals surface area (Å²) in [5.41, 5.74) is 0.162. The fourth-order valence-corrected chi connectivity index (χ4v) is 2.40. The molecule has 5 nitrogen and oxygen atoms in total. The van der Waals surface area contributed by atoms with Crippen LogP contribution in [0.25, 0.3) is 0 Å². The number of halogens is 1. The number of aromatic nitrogens is 1. The first kappa shape index (κ1) is 14.8. The molecular weight excluding hydrogens is 280 g/mol. The van der Waals surface area contributed by atoms with Gasteiger partial charge in [0, 0.05) is 12.2 Å². The van der Waals surface area contributed by atoms with Crippen molar-refractivity contribution in [2.45, 2.75) is 44.8 Å². The predicted octanol–water partition coefficient (Wildman–Crippen LogP) is 2.34. The van der Waals surface area contributed by atoms with Gasteiger partial charge in [-0.3, -0.25) is 4.79 Å². The Morgan fingerprint density at radius 2 is 2.15 bits per heavy atom. The average molecular weight is 297 g/mol. The zero-order valence-corrected chi connectivity index (χ0v) is 12.0. The lowest BCUT2D eigenvalue weighted by Gasteiger charge is -2.17. The van der Waals surface area contributed by atoms with E-state index in [1.54, 1.807) is 13.0 Å². The Morgan fingerprint density at radius 3 is 2.80 bits per heavy atom. The SMILES string of the molecule is C[C@@H](OC(=O)c1cccnc1Cl)C(=O)NC1CCCC1. The highest BCUT2D eigenvalue weighted by Crippen LogP contribution is 2.18. The van der Waals surface area contributed by atoms with E-state index in [9.17, 15) is 9.59 Å². The van der Waals surface area contributed by atoms with Crippen LogP contribution in [0.3, 0.4) is 0 Å². The first-order valence-electron chi connectivity index (χ1n) is 6.70. The van der Waals surface area contributed by atoms with Crippen molar-refractivity contribution < 1.29 is 14.3 Å². The first-order valence-corrected chi connectivity index (χ1v) is 7.07. The van der Waals surface area contributed by atoms with Crippen LogP contribution >= 0.6 is 11.6 Å². The largest absolute Gasteiger partial charge is 0.449 e. The highest BCUT2D eigenvalue weighted by Gasteiger charge is 2.24. The molecular formula is C14H17ClN2O3. The molecule has 2 rings (SSSR count). The lowest BCUT2D eigenvalue weighted by molar-refractivity contribution is -0.129. The topological polar surface area (TPSA) is 68.3 Å². The molecule has 20 heavy (non-hydrogen) atoms. The number of carbonyl (C=O) groups excluding carboxylic acids is 2. The summed E-state index contributed by atoms with van der Waals surface area (Å²) in [6.07, 6.45) is 4.87. The highest BCUT2D eigenvalue weighted by molar-refractivity contribution is 6.32. The fourth-order valence-electron chi connectivity index (χ4n) is 2.20. The second-order valence-electron chi connectivity index (χ2n) is 4.88. The smallest absolute Gasteiger partial charge is 0.342 e. The zero-order chi connectivity index (χ0) is 14.5. The highest BCUT2D eigenvalue weighted by atomic mass is 35.5. The summed E-state index contributed by atoms with van der Waals surface area (Å²) in [5.74, 6) is -0.914. The van der Waals surface area contributed by atoms with E-state index in [2.05, 4.69) is 10.3 Å². The molecule has 1 N–H and O–H groups in total. The lowest BCUT2D eigenvalue weighted by atomic mass is 10.2. The van der Waals surface area contributed by atoms with Gasteiger partial charge >= 0.3 is 5.97 Å². The minimum atomic E-state index is -0.848. The maximum Gasteiger partial charge on any atom is 0.342 e.